The van der Waals surface area contributed by atoms with Gasteiger partial charge in [-0.15, -0.1) is 0 Å². The number of rotatable bonds is 3. The maximum atomic E-state index is 12.0. The predicted molar refractivity (Wildman–Crippen MR) is 74.5 cm³/mol. The zero-order chi connectivity index (χ0) is 13.1. The molecule has 0 saturated carbocycles. The molecule has 1 heterocycles. The van der Waals surface area contributed by atoms with Crippen molar-refractivity contribution >= 4 is 27.5 Å². The van der Waals surface area contributed by atoms with Crippen LogP contribution in [-0.2, 0) is 9.53 Å². The van der Waals surface area contributed by atoms with E-state index in [2.05, 4.69) is 21.2 Å². The van der Waals surface area contributed by atoms with Gasteiger partial charge in [0.05, 0.1) is 6.10 Å². The number of hydrogen-bond acceptors (Lipinski definition) is 3. The number of benzene rings is 1. The van der Waals surface area contributed by atoms with E-state index in [1.807, 2.05) is 25.1 Å². The molecule has 1 saturated heterocycles. The van der Waals surface area contributed by atoms with Crippen molar-refractivity contribution in [3.63, 3.8) is 0 Å². The molecule has 0 aromatic heterocycles. The Hall–Kier alpha value is -0.910. The van der Waals surface area contributed by atoms with Crippen molar-refractivity contribution < 1.29 is 9.53 Å². The molecule has 1 aromatic rings. The normalized spacial score (nSPS) is 23.1. The summed E-state index contributed by atoms with van der Waals surface area (Å²) in [6, 6.07) is 5.75. The number of carbonyl (C=O) groups excluding carboxylic acids is 1. The topological polar surface area (TPSA) is 64.4 Å². The number of amides is 1. The Labute approximate surface area is 115 Å². The van der Waals surface area contributed by atoms with Gasteiger partial charge in [0, 0.05) is 16.7 Å². The van der Waals surface area contributed by atoms with E-state index in [9.17, 15) is 4.79 Å². The van der Waals surface area contributed by atoms with E-state index in [1.54, 1.807) is 0 Å². The lowest BCUT2D eigenvalue weighted by molar-refractivity contribution is -0.126. The van der Waals surface area contributed by atoms with Crippen LogP contribution in [0.2, 0.25) is 0 Å². The van der Waals surface area contributed by atoms with E-state index in [-0.39, 0.29) is 18.1 Å². The van der Waals surface area contributed by atoms with Crippen molar-refractivity contribution in [2.45, 2.75) is 32.0 Å². The summed E-state index contributed by atoms with van der Waals surface area (Å²) in [4.78, 5) is 12.0. The van der Waals surface area contributed by atoms with E-state index < -0.39 is 0 Å². The average molecular weight is 313 g/mol. The number of carbonyl (C=O) groups is 1. The molecule has 4 nitrogen and oxygen atoms in total. The maximum Gasteiger partial charge on any atom is 0.253 e. The number of aryl methyl sites for hydroxylation is 1. The van der Waals surface area contributed by atoms with Gasteiger partial charge in [-0.3, -0.25) is 4.79 Å². The molecule has 1 aliphatic rings. The second-order valence-corrected chi connectivity index (χ2v) is 5.42. The number of halogens is 1. The third kappa shape index (κ3) is 3.10. The van der Waals surface area contributed by atoms with Gasteiger partial charge in [0.25, 0.3) is 5.91 Å². The van der Waals surface area contributed by atoms with Crippen LogP contribution in [0.5, 0.6) is 0 Å². The van der Waals surface area contributed by atoms with Crippen LogP contribution in [0.25, 0.3) is 0 Å². The molecule has 1 aromatic carbocycles. The van der Waals surface area contributed by atoms with Gasteiger partial charge in [-0.1, -0.05) is 15.9 Å². The molecule has 2 rings (SSSR count). The fraction of sp³-hybridized carbons (Fsp3) is 0.462. The van der Waals surface area contributed by atoms with Gasteiger partial charge in [-0.25, -0.2) is 0 Å². The molecule has 1 amide bonds. The number of anilines is 1. The van der Waals surface area contributed by atoms with E-state index in [1.165, 1.54) is 0 Å². The molecule has 18 heavy (non-hydrogen) atoms. The van der Waals surface area contributed by atoms with Gasteiger partial charge in [0.2, 0.25) is 0 Å². The molecule has 5 heteroatoms. The van der Waals surface area contributed by atoms with Gasteiger partial charge >= 0.3 is 0 Å². The number of nitrogens with two attached hydrogens (primary N) is 1. The lowest BCUT2D eigenvalue weighted by Gasteiger charge is -2.14. The lowest BCUT2D eigenvalue weighted by atomic mass is 10.1. The third-order valence-corrected chi connectivity index (χ3v) is 3.60. The molecule has 0 radical (unpaired) electrons. The molecular formula is C13H17BrN2O2. The van der Waals surface area contributed by atoms with Crippen LogP contribution in [0.3, 0.4) is 0 Å². The molecule has 0 bridgehead atoms. The average Bonchev–Trinajstić information content (AvgIpc) is 2.81. The van der Waals surface area contributed by atoms with E-state index in [0.29, 0.717) is 6.54 Å². The predicted octanol–water partition coefficient (Wildman–Crippen LogP) is 2.20. The number of ether oxygens (including phenoxy) is 1. The molecule has 1 aliphatic heterocycles. The molecular weight excluding hydrogens is 296 g/mol. The van der Waals surface area contributed by atoms with Crippen LogP contribution in [0.15, 0.2) is 22.7 Å². The Morgan fingerprint density at radius 3 is 2.94 bits per heavy atom. The highest BCUT2D eigenvalue weighted by atomic mass is 79.9. The molecule has 3 N–H and O–H groups in total. The summed E-state index contributed by atoms with van der Waals surface area (Å²) in [5.74, 6) is -0.0867. The quantitative estimate of drug-likeness (QED) is 0.899. The summed E-state index contributed by atoms with van der Waals surface area (Å²) < 4.78 is 6.56. The Balaban J connectivity index is 1.99. The van der Waals surface area contributed by atoms with Gasteiger partial charge in [0.15, 0.2) is 0 Å². The summed E-state index contributed by atoms with van der Waals surface area (Å²) in [7, 11) is 0. The minimum Gasteiger partial charge on any atom is -0.364 e. The van der Waals surface area contributed by atoms with Crippen molar-refractivity contribution in [1.82, 2.24) is 0 Å². The standard InChI is InChI=1S/C13H17BrN2O2/c1-8-6-9(14)2-4-11(8)16-13(17)12-5-3-10(7-15)18-12/h2,4,6,10,12H,3,5,7,15H2,1H3,(H,16,17). The molecule has 2 atom stereocenters. The largest absolute Gasteiger partial charge is 0.364 e. The van der Waals surface area contributed by atoms with Crippen molar-refractivity contribution in [1.29, 1.82) is 0 Å². The molecule has 1 fully saturated rings. The first-order chi connectivity index (χ1) is 8.60. The Morgan fingerprint density at radius 2 is 2.33 bits per heavy atom. The van der Waals surface area contributed by atoms with Crippen LogP contribution in [0, 0.1) is 6.92 Å². The van der Waals surface area contributed by atoms with Gasteiger partial charge in [-0.2, -0.15) is 0 Å². The maximum absolute atomic E-state index is 12.0. The second kappa shape index (κ2) is 5.82. The molecule has 0 aliphatic carbocycles. The second-order valence-electron chi connectivity index (χ2n) is 4.51. The highest BCUT2D eigenvalue weighted by Crippen LogP contribution is 2.23. The Bertz CT molecular complexity index is 451. The molecule has 2 unspecified atom stereocenters. The first kappa shape index (κ1) is 13.5. The minimum atomic E-state index is -0.374. The summed E-state index contributed by atoms with van der Waals surface area (Å²) >= 11 is 3.39. The summed E-state index contributed by atoms with van der Waals surface area (Å²) in [5.41, 5.74) is 7.37. The summed E-state index contributed by atoms with van der Waals surface area (Å²) in [5, 5.41) is 2.90. The highest BCUT2D eigenvalue weighted by Gasteiger charge is 2.29. The molecule has 98 valence electrons. The molecule has 0 spiro atoms. The Morgan fingerprint density at radius 1 is 1.56 bits per heavy atom. The van der Waals surface area contributed by atoms with Crippen LogP contribution in [0.4, 0.5) is 5.69 Å². The van der Waals surface area contributed by atoms with Crippen LogP contribution < -0.4 is 11.1 Å². The number of hydrogen-bond donors (Lipinski definition) is 2. The summed E-state index contributed by atoms with van der Waals surface area (Å²) in [6.45, 7) is 2.43. The van der Waals surface area contributed by atoms with Crippen molar-refractivity contribution in [3.8, 4) is 0 Å². The summed E-state index contributed by atoms with van der Waals surface area (Å²) in [6.07, 6.45) is 1.24. The van der Waals surface area contributed by atoms with Gasteiger partial charge in [0.1, 0.15) is 6.10 Å². The first-order valence-corrected chi connectivity index (χ1v) is 6.82. The lowest BCUT2D eigenvalue weighted by Crippen LogP contribution is -2.30. The van der Waals surface area contributed by atoms with Crippen LogP contribution >= 0.6 is 15.9 Å². The van der Waals surface area contributed by atoms with Gasteiger partial charge < -0.3 is 15.8 Å². The van der Waals surface area contributed by atoms with Gasteiger partial charge in [-0.05, 0) is 43.5 Å². The zero-order valence-electron chi connectivity index (χ0n) is 10.3. The smallest absolute Gasteiger partial charge is 0.253 e. The van der Waals surface area contributed by atoms with Crippen molar-refractivity contribution in [3.05, 3.63) is 28.2 Å². The monoisotopic (exact) mass is 312 g/mol. The first-order valence-electron chi connectivity index (χ1n) is 6.02. The van der Waals surface area contributed by atoms with Crippen molar-refractivity contribution in [2.24, 2.45) is 5.73 Å². The van der Waals surface area contributed by atoms with E-state index >= 15 is 0 Å². The Kier molecular flexibility index (Phi) is 4.37. The number of nitrogens with one attached hydrogen (secondary N) is 1. The highest BCUT2D eigenvalue weighted by molar-refractivity contribution is 9.10. The van der Waals surface area contributed by atoms with E-state index in [0.717, 1.165) is 28.6 Å². The van der Waals surface area contributed by atoms with Crippen LogP contribution in [-0.4, -0.2) is 24.7 Å². The SMILES string of the molecule is Cc1cc(Br)ccc1NC(=O)C1CCC(CN)O1. The van der Waals surface area contributed by atoms with Crippen LogP contribution in [0.1, 0.15) is 18.4 Å². The van der Waals surface area contributed by atoms with E-state index in [4.69, 9.17) is 10.5 Å². The fourth-order valence-corrected chi connectivity index (χ4v) is 2.53. The minimum absolute atomic E-state index is 0.0202. The third-order valence-electron chi connectivity index (χ3n) is 3.11. The van der Waals surface area contributed by atoms with Crippen molar-refractivity contribution in [2.75, 3.05) is 11.9 Å². The zero-order valence-corrected chi connectivity index (χ0v) is 11.9. The fourth-order valence-electron chi connectivity index (χ4n) is 2.05.